The number of β-lactam (4-membered cyclic amide) rings is 1. The van der Waals surface area contributed by atoms with Gasteiger partial charge in [-0.3, -0.25) is 4.79 Å². The van der Waals surface area contributed by atoms with Gasteiger partial charge in [-0.05, 0) is 5.57 Å². The van der Waals surface area contributed by atoms with Gasteiger partial charge in [-0.25, -0.2) is 0 Å². The van der Waals surface area contributed by atoms with Crippen LogP contribution in [0.4, 0.5) is 0 Å². The van der Waals surface area contributed by atoms with Crippen molar-refractivity contribution in [1.82, 2.24) is 4.90 Å². The molecule has 2 heterocycles. The Morgan fingerprint density at radius 3 is 3.10 bits per heavy atom. The van der Waals surface area contributed by atoms with E-state index in [1.54, 1.807) is 4.90 Å². The number of amides is 1. The van der Waals surface area contributed by atoms with E-state index in [0.717, 1.165) is 5.57 Å². The Morgan fingerprint density at radius 2 is 2.50 bits per heavy atom. The first kappa shape index (κ1) is 5.92. The number of ether oxygens (including phenoxy) is 1. The van der Waals surface area contributed by atoms with E-state index in [2.05, 4.69) is 6.58 Å². The van der Waals surface area contributed by atoms with Crippen LogP contribution in [-0.4, -0.2) is 30.2 Å². The lowest BCUT2D eigenvalue weighted by molar-refractivity contribution is -0.178. The summed E-state index contributed by atoms with van der Waals surface area (Å²) in [7, 11) is 0. The van der Waals surface area contributed by atoms with Gasteiger partial charge in [0.05, 0.1) is 13.0 Å². The van der Waals surface area contributed by atoms with Gasteiger partial charge < -0.3 is 9.64 Å². The molecule has 2 rings (SSSR count). The number of nitrogens with zero attached hydrogens (tertiary/aromatic N) is 1. The molecule has 2 saturated heterocycles. The van der Waals surface area contributed by atoms with Crippen LogP contribution in [0.2, 0.25) is 0 Å². The molecule has 3 nitrogen and oxygen atoms in total. The molecule has 1 amide bonds. The highest BCUT2D eigenvalue weighted by atomic mass is 16.5. The van der Waals surface area contributed by atoms with E-state index in [0.29, 0.717) is 19.6 Å². The van der Waals surface area contributed by atoms with Crippen LogP contribution in [0.5, 0.6) is 0 Å². The number of fused-ring (bicyclic) bond motifs is 1. The summed E-state index contributed by atoms with van der Waals surface area (Å²) in [5, 5.41) is 0. The molecule has 0 saturated carbocycles. The fourth-order valence-corrected chi connectivity index (χ4v) is 1.26. The second-order valence-corrected chi connectivity index (χ2v) is 2.74. The van der Waals surface area contributed by atoms with Crippen molar-refractivity contribution in [3.8, 4) is 0 Å². The monoisotopic (exact) mass is 139 g/mol. The summed E-state index contributed by atoms with van der Waals surface area (Å²) in [6.07, 6.45) is 0.630. The third kappa shape index (κ3) is 0.671. The van der Waals surface area contributed by atoms with Gasteiger partial charge in [0.25, 0.3) is 0 Å². The quantitative estimate of drug-likeness (QED) is 0.352. The first-order valence-corrected chi connectivity index (χ1v) is 3.35. The van der Waals surface area contributed by atoms with Gasteiger partial charge >= 0.3 is 0 Å². The lowest BCUT2D eigenvalue weighted by atomic mass is 10.1. The van der Waals surface area contributed by atoms with E-state index in [9.17, 15) is 4.79 Å². The summed E-state index contributed by atoms with van der Waals surface area (Å²) < 4.78 is 5.27. The molecular formula is C7H9NO2. The van der Waals surface area contributed by atoms with Crippen molar-refractivity contribution in [2.24, 2.45) is 0 Å². The number of hydrogen-bond acceptors (Lipinski definition) is 2. The molecule has 0 N–H and O–H groups in total. The third-order valence-electron chi connectivity index (χ3n) is 1.89. The number of carbonyl (C=O) groups is 1. The van der Waals surface area contributed by atoms with E-state index in [1.807, 2.05) is 0 Å². The number of carbonyl (C=O) groups excluding carboxylic acids is 1. The van der Waals surface area contributed by atoms with Crippen molar-refractivity contribution < 1.29 is 9.53 Å². The highest BCUT2D eigenvalue weighted by molar-refractivity contribution is 5.83. The van der Waals surface area contributed by atoms with Gasteiger partial charge in [-0.15, -0.1) is 0 Å². The average Bonchev–Trinajstić information content (AvgIpc) is 1.92. The van der Waals surface area contributed by atoms with Crippen molar-refractivity contribution in [3.63, 3.8) is 0 Å². The summed E-state index contributed by atoms with van der Waals surface area (Å²) in [6, 6.07) is 0. The molecule has 0 radical (unpaired) electrons. The minimum absolute atomic E-state index is 0.0676. The molecule has 0 spiro atoms. The molecule has 3 heteroatoms. The molecule has 0 aromatic heterocycles. The summed E-state index contributed by atoms with van der Waals surface area (Å²) >= 11 is 0. The first-order valence-electron chi connectivity index (χ1n) is 3.35. The molecular weight excluding hydrogens is 130 g/mol. The van der Waals surface area contributed by atoms with Crippen LogP contribution in [0.25, 0.3) is 0 Å². The van der Waals surface area contributed by atoms with E-state index < -0.39 is 0 Å². The molecule has 54 valence electrons. The molecule has 2 fully saturated rings. The fraction of sp³-hybridized carbons (Fsp3) is 0.571. The van der Waals surface area contributed by atoms with Gasteiger partial charge in [0, 0.05) is 6.54 Å². The standard InChI is InChI=1S/C7H9NO2/c1-5-3-8-6(9)2-7(8)10-4-5/h7H,1-4H2. The number of hydrogen-bond donors (Lipinski definition) is 0. The summed E-state index contributed by atoms with van der Waals surface area (Å²) in [6.45, 7) is 5.07. The van der Waals surface area contributed by atoms with Gasteiger partial charge in [0.1, 0.15) is 6.23 Å². The molecule has 0 aromatic carbocycles. The van der Waals surface area contributed by atoms with Crippen molar-refractivity contribution in [3.05, 3.63) is 12.2 Å². The Hall–Kier alpha value is -0.830. The molecule has 2 aliphatic heterocycles. The third-order valence-corrected chi connectivity index (χ3v) is 1.89. The van der Waals surface area contributed by atoms with Crippen LogP contribution in [0, 0.1) is 0 Å². The SMILES string of the molecule is C=C1COC2CC(=O)N2C1. The van der Waals surface area contributed by atoms with Crippen LogP contribution < -0.4 is 0 Å². The molecule has 0 bridgehead atoms. The van der Waals surface area contributed by atoms with Gasteiger partial charge in [-0.2, -0.15) is 0 Å². The Morgan fingerprint density at radius 1 is 1.70 bits per heavy atom. The predicted octanol–water partition coefficient (Wildman–Crippen LogP) is 0.131. The van der Waals surface area contributed by atoms with Crippen molar-refractivity contribution in [2.45, 2.75) is 12.6 Å². The molecule has 1 atom stereocenters. The maximum atomic E-state index is 10.8. The summed E-state index contributed by atoms with van der Waals surface area (Å²) in [4.78, 5) is 12.5. The minimum atomic E-state index is 0.0676. The lowest BCUT2D eigenvalue weighted by Crippen LogP contribution is -2.57. The summed E-state index contributed by atoms with van der Waals surface area (Å²) in [5.41, 5.74) is 0.990. The van der Waals surface area contributed by atoms with E-state index in [1.165, 1.54) is 0 Å². The topological polar surface area (TPSA) is 29.5 Å². The maximum absolute atomic E-state index is 10.8. The molecule has 0 aromatic rings. The smallest absolute Gasteiger partial charge is 0.229 e. The Bertz CT molecular complexity index is 194. The zero-order chi connectivity index (χ0) is 7.14. The van der Waals surface area contributed by atoms with Crippen molar-refractivity contribution in [1.29, 1.82) is 0 Å². The average molecular weight is 139 g/mol. The fourth-order valence-electron chi connectivity index (χ4n) is 1.26. The van der Waals surface area contributed by atoms with Crippen LogP contribution in [0.3, 0.4) is 0 Å². The second kappa shape index (κ2) is 1.83. The van der Waals surface area contributed by atoms with Crippen LogP contribution in [0.1, 0.15) is 6.42 Å². The zero-order valence-electron chi connectivity index (χ0n) is 5.67. The molecule has 0 aliphatic carbocycles. The van der Waals surface area contributed by atoms with Gasteiger partial charge in [0.15, 0.2) is 0 Å². The van der Waals surface area contributed by atoms with E-state index in [4.69, 9.17) is 4.74 Å². The normalized spacial score (nSPS) is 31.6. The van der Waals surface area contributed by atoms with Gasteiger partial charge in [-0.1, -0.05) is 6.58 Å². The Balaban J connectivity index is 2.07. The van der Waals surface area contributed by atoms with E-state index >= 15 is 0 Å². The second-order valence-electron chi connectivity index (χ2n) is 2.74. The van der Waals surface area contributed by atoms with Crippen molar-refractivity contribution in [2.75, 3.05) is 13.2 Å². The maximum Gasteiger partial charge on any atom is 0.229 e. The largest absolute Gasteiger partial charge is 0.353 e. The predicted molar refractivity (Wildman–Crippen MR) is 35.2 cm³/mol. The zero-order valence-corrected chi connectivity index (χ0v) is 5.67. The Kier molecular flexibility index (Phi) is 1.08. The molecule has 10 heavy (non-hydrogen) atoms. The molecule has 2 aliphatic rings. The molecule has 1 unspecified atom stereocenters. The van der Waals surface area contributed by atoms with Gasteiger partial charge in [0.2, 0.25) is 5.91 Å². The van der Waals surface area contributed by atoms with Crippen molar-refractivity contribution >= 4 is 5.91 Å². The highest BCUT2D eigenvalue weighted by Crippen LogP contribution is 2.25. The minimum Gasteiger partial charge on any atom is -0.353 e. The lowest BCUT2D eigenvalue weighted by Gasteiger charge is -2.43. The van der Waals surface area contributed by atoms with E-state index in [-0.39, 0.29) is 12.1 Å². The first-order chi connectivity index (χ1) is 4.77. The highest BCUT2D eigenvalue weighted by Gasteiger charge is 2.39. The summed E-state index contributed by atoms with van der Waals surface area (Å²) in [5.74, 6) is 0.186. The van der Waals surface area contributed by atoms with Crippen LogP contribution in [-0.2, 0) is 9.53 Å². The van der Waals surface area contributed by atoms with Crippen LogP contribution >= 0.6 is 0 Å². The Labute approximate surface area is 59.3 Å². The van der Waals surface area contributed by atoms with Crippen LogP contribution in [0.15, 0.2) is 12.2 Å². The number of rotatable bonds is 0.